The fraction of sp³-hybridized carbons (Fsp3) is 0.765. The van der Waals surface area contributed by atoms with Gasteiger partial charge in [0.15, 0.2) is 28.9 Å². The van der Waals surface area contributed by atoms with E-state index in [2.05, 4.69) is 39.3 Å². The first-order valence-electron chi connectivity index (χ1n) is 14.2. The number of ether oxygens (including phenoxy) is 3. The van der Waals surface area contributed by atoms with Crippen molar-refractivity contribution < 1.29 is 45.2 Å². The molecule has 0 saturated carbocycles. The van der Waals surface area contributed by atoms with Crippen LogP contribution in [-0.4, -0.2) is 67.9 Å². The van der Waals surface area contributed by atoms with Crippen LogP contribution >= 0.6 is 6.92 Å². The topological polar surface area (TPSA) is 125 Å². The molecule has 1 aromatic carbocycles. The molecule has 1 heterocycles. The van der Waals surface area contributed by atoms with Gasteiger partial charge in [-0.3, -0.25) is 9.59 Å². The number of esters is 2. The van der Waals surface area contributed by atoms with Crippen molar-refractivity contribution >= 4 is 87.9 Å². The lowest BCUT2D eigenvalue weighted by molar-refractivity contribution is -0.152. The molecule has 1 aromatic rings. The van der Waals surface area contributed by atoms with E-state index in [1.807, 2.05) is 26.6 Å². The quantitative estimate of drug-likeness (QED) is 0.0488. The molecule has 2 rings (SSSR count). The number of rotatable bonds is 17. The smallest absolute Gasteiger partial charge is 0.360 e. The van der Waals surface area contributed by atoms with Gasteiger partial charge < -0.3 is 35.6 Å². The molecular weight excluding hydrogens is 804 g/mol. The van der Waals surface area contributed by atoms with Crippen molar-refractivity contribution in [3.63, 3.8) is 0 Å². The number of carbonyl (C=O) groups is 2. The van der Waals surface area contributed by atoms with E-state index < -0.39 is 74.1 Å². The summed E-state index contributed by atoms with van der Waals surface area (Å²) in [5.74, 6) is -1.49. The first-order chi connectivity index (χ1) is 19.6. The molecule has 52 heavy (non-hydrogen) atoms. The lowest BCUT2D eigenvalue weighted by atomic mass is 10.2. The van der Waals surface area contributed by atoms with Crippen LogP contribution in [0.25, 0.3) is 0 Å². The van der Waals surface area contributed by atoms with E-state index in [9.17, 15) is 14.5 Å². The summed E-state index contributed by atoms with van der Waals surface area (Å²) >= 11 is 4.82. The van der Waals surface area contributed by atoms with Crippen LogP contribution in [0.2, 0.25) is 71.0 Å². The molecule has 6 unspecified atom stereocenters. The van der Waals surface area contributed by atoms with Gasteiger partial charge in [-0.05, 0) is 83.2 Å². The summed E-state index contributed by atoms with van der Waals surface area (Å²) in [6.07, 6.45) is -0.472. The van der Waals surface area contributed by atoms with Gasteiger partial charge in [0, 0.05) is 23.3 Å². The molecule has 6 atom stereocenters. The molecule has 0 aliphatic carbocycles. The van der Waals surface area contributed by atoms with Crippen molar-refractivity contribution in [2.24, 2.45) is 11.8 Å². The van der Waals surface area contributed by atoms with Gasteiger partial charge in [0.25, 0.3) is 0 Å². The fourth-order valence-corrected chi connectivity index (χ4v) is 26.7. The molecule has 0 amide bonds. The van der Waals surface area contributed by atoms with Gasteiger partial charge in [-0.25, -0.2) is 0 Å². The van der Waals surface area contributed by atoms with Gasteiger partial charge in [0.1, 0.15) is 21.9 Å². The molecule has 315 valence electrons. The summed E-state index contributed by atoms with van der Waals surface area (Å²) in [4.78, 5) is 38.0. The third-order valence-corrected chi connectivity index (χ3v) is 25.7. The Labute approximate surface area is 337 Å². The molecule has 0 N–H and O–H groups in total. The van der Waals surface area contributed by atoms with Crippen LogP contribution < -0.4 is 14.9 Å². The van der Waals surface area contributed by atoms with E-state index >= 15 is 0 Å². The van der Waals surface area contributed by atoms with Gasteiger partial charge in [-0.15, -0.1) is 0 Å². The minimum absolute atomic E-state index is 0. The second-order valence-electron chi connectivity index (χ2n) is 13.0. The minimum Gasteiger partial charge on any atom is -0.615 e. The zero-order valence-electron chi connectivity index (χ0n) is 27.0. The van der Waals surface area contributed by atoms with E-state index in [1.165, 1.54) is 0 Å². The highest BCUT2D eigenvalue weighted by molar-refractivity contribution is 8.35. The monoisotopic (exact) mass is 885 g/mol. The van der Waals surface area contributed by atoms with Crippen LogP contribution in [0.4, 0.5) is 0 Å². The SMILES string of the molecule is C.C.C.C.C.C.C.C.C.CC(C[Si](C)(O[Si](C)O[Si](C)(C)C)O[Si](C)(CC(C)C(=O)OC1CO1)O[Si](C)(C)C)C(=O)Oc1ccc([P+]([O-])=S=S)cc1. The van der Waals surface area contributed by atoms with Gasteiger partial charge in [0.2, 0.25) is 6.29 Å². The summed E-state index contributed by atoms with van der Waals surface area (Å²) in [5.41, 5.74) is 0. The highest BCUT2D eigenvalue weighted by Crippen LogP contribution is 2.33. The maximum Gasteiger partial charge on any atom is 0.360 e. The Hall–Kier alpha value is -0.256. The number of epoxide rings is 1. The summed E-state index contributed by atoms with van der Waals surface area (Å²) in [6, 6.07) is 7.16. The molecule has 1 fully saturated rings. The maximum atomic E-state index is 13.3. The van der Waals surface area contributed by atoms with Crippen LogP contribution in [0.1, 0.15) is 80.7 Å². The van der Waals surface area contributed by atoms with Crippen LogP contribution in [0, 0.1) is 11.8 Å². The van der Waals surface area contributed by atoms with Crippen molar-refractivity contribution in [3.05, 3.63) is 24.3 Å². The van der Waals surface area contributed by atoms with E-state index in [0.717, 1.165) is 9.50 Å². The van der Waals surface area contributed by atoms with Crippen molar-refractivity contribution in [3.8, 4) is 5.75 Å². The van der Waals surface area contributed by atoms with Crippen LogP contribution in [0.15, 0.2) is 24.3 Å². The van der Waals surface area contributed by atoms with Crippen molar-refractivity contribution in [1.29, 1.82) is 0 Å². The second-order valence-corrected chi connectivity index (χ2v) is 35.1. The zero-order valence-corrected chi connectivity index (χ0v) is 34.5. The number of carbonyl (C=O) groups excluding carboxylic acids is 2. The normalized spacial score (nSPS) is 16.5. The molecule has 18 heteroatoms. The van der Waals surface area contributed by atoms with E-state index in [-0.39, 0.29) is 72.8 Å². The van der Waals surface area contributed by atoms with Crippen LogP contribution in [-0.2, 0) is 56.2 Å². The fourth-order valence-electron chi connectivity index (χ4n) is 4.60. The molecule has 10 nitrogen and oxygen atoms in total. The Kier molecular flexibility index (Phi) is 38.9. The average molecular weight is 887 g/mol. The molecule has 1 aliphatic heterocycles. The summed E-state index contributed by atoms with van der Waals surface area (Å²) in [6.45, 7) is 20.7. The Morgan fingerprint density at radius 1 is 0.808 bits per heavy atom. The lowest BCUT2D eigenvalue weighted by Crippen LogP contribution is -2.59. The zero-order chi connectivity index (χ0) is 32.8. The van der Waals surface area contributed by atoms with Gasteiger partial charge in [0.05, 0.1) is 11.8 Å². The standard InChI is InChI=1S/C25H46O10PS2Si5.9CH4/c1-19(24(26)30-21-12-14-22(15-13-21)36(28)38-37)17-42(10,33-39(3)32-40(4,5)6)35-43(11,34-41(7,8)9)18-20(2)25(27)31-23-16-29-23;;;;;;;;;/h12-15,19-20,23H,16-18H2,1-11H3;9*1H4. The van der Waals surface area contributed by atoms with Gasteiger partial charge >= 0.3 is 38.3 Å². The molecule has 0 aromatic heterocycles. The van der Waals surface area contributed by atoms with Gasteiger partial charge in [-0.2, -0.15) is 0 Å². The van der Waals surface area contributed by atoms with E-state index in [4.69, 9.17) is 41.9 Å². The molecule has 0 spiro atoms. The molecule has 1 radical (unpaired) electrons. The Morgan fingerprint density at radius 2 is 1.25 bits per heavy atom. The lowest BCUT2D eigenvalue weighted by Gasteiger charge is -2.42. The van der Waals surface area contributed by atoms with Crippen molar-refractivity contribution in [1.82, 2.24) is 0 Å². The molecular formula is C34H82O10PS2Si5. The second kappa shape index (κ2) is 29.1. The highest BCUT2D eigenvalue weighted by atomic mass is 32.9. The maximum absolute atomic E-state index is 13.3. The first-order valence-corrected chi connectivity index (χ1v) is 31.4. The van der Waals surface area contributed by atoms with Gasteiger partial charge in [-0.1, -0.05) is 80.7 Å². The summed E-state index contributed by atoms with van der Waals surface area (Å²) in [7, 11) is -11.2. The molecule has 1 saturated heterocycles. The van der Waals surface area contributed by atoms with Crippen molar-refractivity contribution in [2.75, 3.05) is 6.61 Å². The number of hydrogen-bond acceptors (Lipinski definition) is 11. The predicted molar refractivity (Wildman–Crippen MR) is 244 cm³/mol. The van der Waals surface area contributed by atoms with E-state index in [0.29, 0.717) is 29.7 Å². The largest absolute Gasteiger partial charge is 0.615 e. The third kappa shape index (κ3) is 26.5. The Bertz CT molecular complexity index is 1180. The molecule has 0 bridgehead atoms. The van der Waals surface area contributed by atoms with Crippen LogP contribution in [0.3, 0.4) is 0 Å². The minimum atomic E-state index is -3.17. The Morgan fingerprint density at radius 3 is 1.65 bits per heavy atom. The predicted octanol–water partition coefficient (Wildman–Crippen LogP) is 10.3. The summed E-state index contributed by atoms with van der Waals surface area (Å²) < 4.78 is 42.8. The molecule has 1 aliphatic rings. The Balaban J connectivity index is -0.000000359. The number of hydrogen-bond donors (Lipinski definition) is 0. The van der Waals surface area contributed by atoms with E-state index in [1.54, 1.807) is 31.2 Å². The van der Waals surface area contributed by atoms with Crippen LogP contribution in [0.5, 0.6) is 5.75 Å². The average Bonchev–Trinajstić information content (AvgIpc) is 3.64. The number of benzene rings is 1. The first kappa shape index (κ1) is 69.6. The van der Waals surface area contributed by atoms with Crippen molar-refractivity contribution in [2.45, 2.75) is 158 Å². The third-order valence-electron chi connectivity index (χ3n) is 5.81. The summed E-state index contributed by atoms with van der Waals surface area (Å²) in [5, 5.41) is 0.582. The highest BCUT2D eigenvalue weighted by Gasteiger charge is 2.49.